The van der Waals surface area contributed by atoms with Crippen molar-refractivity contribution in [2.45, 2.75) is 46.1 Å². The molecule has 1 nitrogen and oxygen atoms in total. The Morgan fingerprint density at radius 1 is 1.22 bits per heavy atom. The molecule has 0 saturated carbocycles. The molecule has 1 N–H and O–H groups in total. The Kier molecular flexibility index (Phi) is 5.97. The molecule has 1 unspecified atom stereocenters. The molecular weight excluding hydrogens is 265 g/mol. The van der Waals surface area contributed by atoms with Crippen LogP contribution < -0.4 is 5.32 Å². The van der Waals surface area contributed by atoms with Gasteiger partial charge in [0.2, 0.25) is 0 Å². The van der Waals surface area contributed by atoms with Crippen molar-refractivity contribution in [2.75, 3.05) is 6.54 Å². The summed E-state index contributed by atoms with van der Waals surface area (Å²) in [5.74, 6) is 0.624. The average Bonchev–Trinajstić information content (AvgIpc) is 2.26. The van der Waals surface area contributed by atoms with Crippen LogP contribution >= 0.6 is 23.2 Å². The van der Waals surface area contributed by atoms with Gasteiger partial charge in [0.25, 0.3) is 0 Å². The fourth-order valence-corrected chi connectivity index (χ4v) is 2.13. The zero-order valence-electron chi connectivity index (χ0n) is 11.7. The van der Waals surface area contributed by atoms with Gasteiger partial charge in [0.05, 0.1) is 0 Å². The van der Waals surface area contributed by atoms with E-state index in [9.17, 15) is 0 Å². The molecule has 3 heteroatoms. The summed E-state index contributed by atoms with van der Waals surface area (Å²) in [5, 5.41) is 5.10. The van der Waals surface area contributed by atoms with Crippen LogP contribution in [0.2, 0.25) is 10.0 Å². The molecule has 1 rings (SSSR count). The van der Waals surface area contributed by atoms with Gasteiger partial charge in [-0.2, -0.15) is 0 Å². The zero-order chi connectivity index (χ0) is 13.8. The summed E-state index contributed by atoms with van der Waals surface area (Å²) in [6.45, 7) is 9.85. The average molecular weight is 288 g/mol. The maximum Gasteiger partial charge on any atom is 0.0439 e. The van der Waals surface area contributed by atoms with Crippen LogP contribution in [0.3, 0.4) is 0 Å². The molecule has 0 aromatic heterocycles. The molecule has 0 radical (unpaired) electrons. The Morgan fingerprint density at radius 2 is 1.89 bits per heavy atom. The monoisotopic (exact) mass is 287 g/mol. The Balaban J connectivity index is 2.42. The molecule has 0 aliphatic carbocycles. The van der Waals surface area contributed by atoms with Gasteiger partial charge in [-0.05, 0) is 69.8 Å². The highest BCUT2D eigenvalue weighted by molar-refractivity contribution is 6.33. The lowest BCUT2D eigenvalue weighted by Gasteiger charge is -2.23. The van der Waals surface area contributed by atoms with E-state index in [0.29, 0.717) is 5.92 Å². The molecule has 0 bridgehead atoms. The first-order valence-electron chi connectivity index (χ1n) is 6.47. The van der Waals surface area contributed by atoms with Crippen molar-refractivity contribution in [1.29, 1.82) is 0 Å². The second-order valence-corrected chi connectivity index (χ2v) is 6.85. The van der Waals surface area contributed by atoms with Crippen molar-refractivity contribution >= 4 is 23.2 Å². The van der Waals surface area contributed by atoms with Crippen molar-refractivity contribution in [1.82, 2.24) is 5.32 Å². The van der Waals surface area contributed by atoms with Gasteiger partial charge in [-0.15, -0.1) is 0 Å². The highest BCUT2D eigenvalue weighted by Crippen LogP contribution is 2.23. The van der Waals surface area contributed by atoms with Crippen molar-refractivity contribution in [2.24, 2.45) is 5.92 Å². The predicted molar refractivity (Wildman–Crippen MR) is 81.7 cm³/mol. The summed E-state index contributed by atoms with van der Waals surface area (Å²) in [5.41, 5.74) is 1.33. The number of hydrogen-bond donors (Lipinski definition) is 1. The van der Waals surface area contributed by atoms with Crippen LogP contribution in [0.25, 0.3) is 0 Å². The minimum absolute atomic E-state index is 0.183. The molecule has 102 valence electrons. The van der Waals surface area contributed by atoms with Crippen LogP contribution in [0.1, 0.15) is 39.7 Å². The van der Waals surface area contributed by atoms with E-state index < -0.39 is 0 Å². The largest absolute Gasteiger partial charge is 0.312 e. The van der Waals surface area contributed by atoms with Crippen molar-refractivity contribution < 1.29 is 0 Å². The van der Waals surface area contributed by atoms with E-state index in [2.05, 4.69) is 33.0 Å². The Morgan fingerprint density at radius 3 is 2.50 bits per heavy atom. The van der Waals surface area contributed by atoms with Crippen molar-refractivity contribution in [3.05, 3.63) is 33.8 Å². The van der Waals surface area contributed by atoms with Crippen LogP contribution in [0, 0.1) is 5.92 Å². The number of rotatable bonds is 5. The summed E-state index contributed by atoms with van der Waals surface area (Å²) in [4.78, 5) is 0. The fraction of sp³-hybridized carbons (Fsp3) is 0.600. The smallest absolute Gasteiger partial charge is 0.0439 e. The molecule has 0 amide bonds. The lowest BCUT2D eigenvalue weighted by molar-refractivity contribution is 0.372. The van der Waals surface area contributed by atoms with Gasteiger partial charge < -0.3 is 5.32 Å². The quantitative estimate of drug-likeness (QED) is 0.808. The van der Waals surface area contributed by atoms with Crippen LogP contribution in [0.5, 0.6) is 0 Å². The molecule has 0 fully saturated rings. The third-order valence-electron chi connectivity index (χ3n) is 2.90. The van der Waals surface area contributed by atoms with E-state index in [0.717, 1.165) is 35.0 Å². The van der Waals surface area contributed by atoms with Gasteiger partial charge in [-0.25, -0.2) is 0 Å². The minimum atomic E-state index is 0.183. The molecule has 1 aromatic carbocycles. The van der Waals surface area contributed by atoms with Crippen LogP contribution in [0.4, 0.5) is 0 Å². The van der Waals surface area contributed by atoms with E-state index in [1.807, 2.05) is 18.2 Å². The van der Waals surface area contributed by atoms with Gasteiger partial charge in [0.1, 0.15) is 0 Å². The predicted octanol–water partition coefficient (Wildman–Crippen LogP) is 4.95. The molecule has 0 spiro atoms. The summed E-state index contributed by atoms with van der Waals surface area (Å²) in [6, 6.07) is 5.67. The highest BCUT2D eigenvalue weighted by atomic mass is 35.5. The van der Waals surface area contributed by atoms with E-state index >= 15 is 0 Å². The standard InChI is InChI=1S/C15H23Cl2N/c1-11(10-18-15(2,3)4)5-6-12-9-13(16)7-8-14(12)17/h7-9,11,18H,5-6,10H2,1-4H3. The molecule has 1 aromatic rings. The van der Waals surface area contributed by atoms with Gasteiger partial charge in [0.15, 0.2) is 0 Å². The van der Waals surface area contributed by atoms with Crippen LogP contribution in [0.15, 0.2) is 18.2 Å². The molecule has 0 saturated heterocycles. The van der Waals surface area contributed by atoms with E-state index in [-0.39, 0.29) is 5.54 Å². The molecule has 0 aliphatic heterocycles. The number of benzene rings is 1. The summed E-state index contributed by atoms with van der Waals surface area (Å²) in [7, 11) is 0. The first kappa shape index (κ1) is 15.8. The molecular formula is C15H23Cl2N. The summed E-state index contributed by atoms with van der Waals surface area (Å²) in [6.07, 6.45) is 2.09. The number of nitrogens with one attached hydrogen (secondary N) is 1. The Bertz CT molecular complexity index is 383. The molecule has 18 heavy (non-hydrogen) atoms. The first-order valence-corrected chi connectivity index (χ1v) is 7.22. The highest BCUT2D eigenvalue weighted by Gasteiger charge is 2.11. The van der Waals surface area contributed by atoms with Crippen molar-refractivity contribution in [3.63, 3.8) is 0 Å². The molecule has 0 heterocycles. The van der Waals surface area contributed by atoms with Gasteiger partial charge in [0, 0.05) is 15.6 Å². The lowest BCUT2D eigenvalue weighted by atomic mass is 9.99. The number of halogens is 2. The fourth-order valence-electron chi connectivity index (χ4n) is 1.72. The third-order valence-corrected chi connectivity index (χ3v) is 3.50. The third kappa shape index (κ3) is 6.08. The summed E-state index contributed by atoms with van der Waals surface area (Å²) >= 11 is 12.1. The zero-order valence-corrected chi connectivity index (χ0v) is 13.2. The maximum atomic E-state index is 6.16. The normalized spacial score (nSPS) is 13.7. The maximum absolute atomic E-state index is 6.16. The first-order chi connectivity index (χ1) is 8.28. The van der Waals surface area contributed by atoms with Crippen LogP contribution in [-0.2, 0) is 6.42 Å². The SMILES string of the molecule is CC(CCc1cc(Cl)ccc1Cl)CNC(C)(C)C. The van der Waals surface area contributed by atoms with Gasteiger partial charge >= 0.3 is 0 Å². The molecule has 1 atom stereocenters. The minimum Gasteiger partial charge on any atom is -0.312 e. The molecule has 0 aliphatic rings. The van der Waals surface area contributed by atoms with Gasteiger partial charge in [-0.3, -0.25) is 0 Å². The topological polar surface area (TPSA) is 12.0 Å². The second kappa shape index (κ2) is 6.79. The Labute approximate surface area is 121 Å². The van der Waals surface area contributed by atoms with Crippen LogP contribution in [-0.4, -0.2) is 12.1 Å². The van der Waals surface area contributed by atoms with Crippen molar-refractivity contribution in [3.8, 4) is 0 Å². The van der Waals surface area contributed by atoms with E-state index in [1.165, 1.54) is 0 Å². The van der Waals surface area contributed by atoms with Gasteiger partial charge in [-0.1, -0.05) is 30.1 Å². The number of aryl methyl sites for hydroxylation is 1. The van der Waals surface area contributed by atoms with E-state index in [4.69, 9.17) is 23.2 Å². The van der Waals surface area contributed by atoms with E-state index in [1.54, 1.807) is 0 Å². The lowest BCUT2D eigenvalue weighted by Crippen LogP contribution is -2.38. The number of hydrogen-bond acceptors (Lipinski definition) is 1. The Hall–Kier alpha value is -0.240. The summed E-state index contributed by atoms with van der Waals surface area (Å²) < 4.78 is 0. The second-order valence-electron chi connectivity index (χ2n) is 6.01.